The third kappa shape index (κ3) is 4.33. The lowest BCUT2D eigenvalue weighted by Crippen LogP contribution is -2.36. The fourth-order valence-corrected chi connectivity index (χ4v) is 3.04. The molecule has 26 heavy (non-hydrogen) atoms. The molecule has 1 aliphatic rings. The number of likely N-dealkylation sites (tertiary alicyclic amines) is 1. The Kier molecular flexibility index (Phi) is 5.73. The number of carbonyl (C=O) groups is 2. The molecule has 0 unspecified atom stereocenters. The number of hydrogen-bond acceptors (Lipinski definition) is 4. The summed E-state index contributed by atoms with van der Waals surface area (Å²) in [5, 5.41) is 5.94. The molecule has 0 bridgehead atoms. The first-order chi connectivity index (χ1) is 12.7. The van der Waals surface area contributed by atoms with E-state index in [1.807, 2.05) is 47.4 Å². The Morgan fingerprint density at radius 1 is 0.962 bits per heavy atom. The maximum atomic E-state index is 13.0. The number of methoxy groups -OCH3 is 1. The molecule has 2 aromatic rings. The van der Waals surface area contributed by atoms with E-state index in [1.165, 1.54) is 7.11 Å². The lowest BCUT2D eigenvalue weighted by molar-refractivity contribution is -0.131. The van der Waals surface area contributed by atoms with E-state index in [-0.39, 0.29) is 5.91 Å². The topological polar surface area (TPSA) is 70.7 Å². The Morgan fingerprint density at radius 3 is 2.19 bits per heavy atom. The summed E-state index contributed by atoms with van der Waals surface area (Å²) in [7, 11) is 1.32. The van der Waals surface area contributed by atoms with Crippen molar-refractivity contribution in [2.75, 3.05) is 30.8 Å². The highest BCUT2D eigenvalue weighted by atomic mass is 16.5. The number of ether oxygens (including phenoxy) is 1. The van der Waals surface area contributed by atoms with Crippen LogP contribution < -0.4 is 10.6 Å². The van der Waals surface area contributed by atoms with Crippen LogP contribution in [0.2, 0.25) is 0 Å². The predicted molar refractivity (Wildman–Crippen MR) is 101 cm³/mol. The smallest absolute Gasteiger partial charge is 0.411 e. The molecule has 1 saturated heterocycles. The molecule has 1 aliphatic heterocycles. The van der Waals surface area contributed by atoms with Crippen LogP contribution in [0.1, 0.15) is 24.4 Å². The van der Waals surface area contributed by atoms with Gasteiger partial charge in [0.1, 0.15) is 6.04 Å². The van der Waals surface area contributed by atoms with Crippen molar-refractivity contribution in [3.05, 3.63) is 60.2 Å². The molecule has 1 heterocycles. The fourth-order valence-electron chi connectivity index (χ4n) is 3.04. The third-order valence-electron chi connectivity index (χ3n) is 4.43. The molecule has 0 spiro atoms. The highest BCUT2D eigenvalue weighted by Gasteiger charge is 2.27. The summed E-state index contributed by atoms with van der Waals surface area (Å²) in [4.78, 5) is 26.2. The minimum Gasteiger partial charge on any atom is -0.453 e. The Hall–Kier alpha value is -3.02. The van der Waals surface area contributed by atoms with Gasteiger partial charge in [0.15, 0.2) is 0 Å². The van der Waals surface area contributed by atoms with Crippen molar-refractivity contribution in [3.63, 3.8) is 0 Å². The molecule has 2 amide bonds. The normalized spacial score (nSPS) is 14.6. The average molecular weight is 353 g/mol. The van der Waals surface area contributed by atoms with E-state index >= 15 is 0 Å². The van der Waals surface area contributed by atoms with E-state index in [9.17, 15) is 9.59 Å². The van der Waals surface area contributed by atoms with Crippen LogP contribution in [0.4, 0.5) is 16.2 Å². The molecule has 0 saturated carbocycles. The number of rotatable bonds is 5. The van der Waals surface area contributed by atoms with Gasteiger partial charge in [-0.15, -0.1) is 0 Å². The molecule has 0 radical (unpaired) electrons. The highest BCUT2D eigenvalue weighted by molar-refractivity contribution is 5.87. The zero-order valence-corrected chi connectivity index (χ0v) is 14.8. The van der Waals surface area contributed by atoms with Crippen LogP contribution in [-0.4, -0.2) is 37.1 Å². The minimum atomic E-state index is -0.517. The fraction of sp³-hybridized carbons (Fsp3) is 0.300. The van der Waals surface area contributed by atoms with Gasteiger partial charge in [-0.1, -0.05) is 30.3 Å². The van der Waals surface area contributed by atoms with Gasteiger partial charge >= 0.3 is 6.09 Å². The van der Waals surface area contributed by atoms with Crippen LogP contribution in [0.5, 0.6) is 0 Å². The van der Waals surface area contributed by atoms with E-state index in [4.69, 9.17) is 0 Å². The second kappa shape index (κ2) is 8.38. The second-order valence-electron chi connectivity index (χ2n) is 6.21. The lowest BCUT2D eigenvalue weighted by Gasteiger charge is -2.25. The van der Waals surface area contributed by atoms with Crippen molar-refractivity contribution in [3.8, 4) is 0 Å². The maximum Gasteiger partial charge on any atom is 0.411 e. The molecule has 1 atom stereocenters. The Balaban J connectivity index is 1.77. The summed E-state index contributed by atoms with van der Waals surface area (Å²) in [5.41, 5.74) is 2.37. The van der Waals surface area contributed by atoms with Crippen LogP contribution in [0.3, 0.4) is 0 Å². The molecule has 1 fully saturated rings. The number of carbonyl (C=O) groups excluding carboxylic acids is 2. The predicted octanol–water partition coefficient (Wildman–Crippen LogP) is 3.64. The Labute approximate surface area is 153 Å². The van der Waals surface area contributed by atoms with Crippen molar-refractivity contribution in [1.82, 2.24) is 4.90 Å². The Bertz CT molecular complexity index is 741. The quantitative estimate of drug-likeness (QED) is 0.861. The molecule has 0 aliphatic carbocycles. The minimum absolute atomic E-state index is 0.0884. The van der Waals surface area contributed by atoms with Crippen molar-refractivity contribution in [2.24, 2.45) is 0 Å². The van der Waals surface area contributed by atoms with Gasteiger partial charge in [0.25, 0.3) is 0 Å². The zero-order valence-electron chi connectivity index (χ0n) is 14.8. The van der Waals surface area contributed by atoms with E-state index < -0.39 is 12.1 Å². The average Bonchev–Trinajstić information content (AvgIpc) is 3.22. The summed E-state index contributed by atoms with van der Waals surface area (Å²) >= 11 is 0. The highest BCUT2D eigenvalue weighted by Crippen LogP contribution is 2.24. The van der Waals surface area contributed by atoms with Gasteiger partial charge in [-0.25, -0.2) is 4.79 Å². The molecule has 6 heteroatoms. The number of benzene rings is 2. The second-order valence-corrected chi connectivity index (χ2v) is 6.21. The summed E-state index contributed by atoms with van der Waals surface area (Å²) < 4.78 is 4.58. The molecule has 2 N–H and O–H groups in total. The van der Waals surface area contributed by atoms with Gasteiger partial charge in [0.2, 0.25) is 5.91 Å². The molecular weight excluding hydrogens is 330 g/mol. The molecule has 6 nitrogen and oxygen atoms in total. The van der Waals surface area contributed by atoms with Gasteiger partial charge < -0.3 is 15.0 Å². The summed E-state index contributed by atoms with van der Waals surface area (Å²) in [6.07, 6.45) is 1.60. The first-order valence-electron chi connectivity index (χ1n) is 8.72. The van der Waals surface area contributed by atoms with Crippen LogP contribution >= 0.6 is 0 Å². The zero-order chi connectivity index (χ0) is 18.4. The lowest BCUT2D eigenvalue weighted by atomic mass is 10.0. The van der Waals surface area contributed by atoms with Gasteiger partial charge in [0, 0.05) is 24.5 Å². The molecule has 0 aromatic heterocycles. The van der Waals surface area contributed by atoms with E-state index in [0.717, 1.165) is 37.2 Å². The van der Waals surface area contributed by atoms with Crippen LogP contribution in [0.25, 0.3) is 0 Å². The summed E-state index contributed by atoms with van der Waals surface area (Å²) in [6.45, 7) is 1.62. The van der Waals surface area contributed by atoms with Gasteiger partial charge in [-0.05, 0) is 42.7 Å². The van der Waals surface area contributed by atoms with Gasteiger partial charge in [-0.3, -0.25) is 10.1 Å². The standard InChI is InChI=1S/C20H23N3O3/c1-26-20(25)22-17-11-9-16(10-12-17)21-18(15-7-3-2-4-8-15)19(24)23-13-5-6-14-23/h2-4,7-12,18,21H,5-6,13-14H2,1H3,(H,22,25)/t18-/m0/s1. The van der Waals surface area contributed by atoms with E-state index in [2.05, 4.69) is 15.4 Å². The molecule has 3 rings (SSSR count). The number of nitrogens with zero attached hydrogens (tertiary/aromatic N) is 1. The van der Waals surface area contributed by atoms with Crippen molar-refractivity contribution in [1.29, 1.82) is 0 Å². The Morgan fingerprint density at radius 2 is 1.58 bits per heavy atom. The van der Waals surface area contributed by atoms with Gasteiger partial charge in [-0.2, -0.15) is 0 Å². The van der Waals surface area contributed by atoms with Crippen LogP contribution in [0, 0.1) is 0 Å². The molecular formula is C20H23N3O3. The SMILES string of the molecule is COC(=O)Nc1ccc(N[C@H](C(=O)N2CCCC2)c2ccccc2)cc1. The number of amides is 2. The van der Waals surface area contributed by atoms with E-state index in [1.54, 1.807) is 12.1 Å². The molecule has 2 aromatic carbocycles. The van der Waals surface area contributed by atoms with Crippen molar-refractivity contribution in [2.45, 2.75) is 18.9 Å². The number of hydrogen-bond donors (Lipinski definition) is 2. The first kappa shape index (κ1) is 17.8. The first-order valence-corrected chi connectivity index (χ1v) is 8.72. The van der Waals surface area contributed by atoms with Crippen molar-refractivity contribution < 1.29 is 14.3 Å². The van der Waals surface area contributed by atoms with E-state index in [0.29, 0.717) is 5.69 Å². The summed E-state index contributed by atoms with van der Waals surface area (Å²) in [6, 6.07) is 16.5. The maximum absolute atomic E-state index is 13.0. The largest absolute Gasteiger partial charge is 0.453 e. The number of anilines is 2. The molecule has 136 valence electrons. The van der Waals surface area contributed by atoms with Crippen LogP contribution in [0.15, 0.2) is 54.6 Å². The summed E-state index contributed by atoms with van der Waals surface area (Å²) in [5.74, 6) is 0.0884. The van der Waals surface area contributed by atoms with Gasteiger partial charge in [0.05, 0.1) is 7.11 Å². The van der Waals surface area contributed by atoms with Crippen LogP contribution in [-0.2, 0) is 9.53 Å². The number of nitrogens with one attached hydrogen (secondary N) is 2. The van der Waals surface area contributed by atoms with Crippen molar-refractivity contribution >= 4 is 23.4 Å². The monoisotopic (exact) mass is 353 g/mol. The third-order valence-corrected chi connectivity index (χ3v) is 4.43.